The van der Waals surface area contributed by atoms with Gasteiger partial charge in [-0.2, -0.15) is 0 Å². The number of H-pyrrole nitrogens is 1. The molecule has 0 amide bonds. The van der Waals surface area contributed by atoms with Crippen molar-refractivity contribution in [3.05, 3.63) is 11.1 Å². The zero-order valence-corrected chi connectivity index (χ0v) is 13.8. The number of nitrogens with two attached hydrogens (primary N) is 1. The highest BCUT2D eigenvalue weighted by molar-refractivity contribution is 6.18. The first-order valence-corrected chi connectivity index (χ1v) is 7.00. The molecule has 1 aromatic heterocycles. The van der Waals surface area contributed by atoms with Crippen molar-refractivity contribution >= 4 is 11.8 Å². The summed E-state index contributed by atoms with van der Waals surface area (Å²) in [6, 6.07) is 0. The van der Waals surface area contributed by atoms with Gasteiger partial charge in [0.25, 0.3) is 0 Å². The number of rotatable bonds is 4. The van der Waals surface area contributed by atoms with Crippen LogP contribution < -0.4 is 5.73 Å². The first kappa shape index (κ1) is 18.0. The fraction of sp³-hybridized carbons (Fsp3) is 0.600. The number of ketones is 1. The highest BCUT2D eigenvalue weighted by Crippen LogP contribution is 2.33. The average Bonchev–Trinajstić information content (AvgIpc) is 2.58. The van der Waals surface area contributed by atoms with E-state index >= 15 is 0 Å². The number of Topliss-reactive ketones (excluding diaryl/α,β-unsaturated/α-hetero) is 1. The average molecular weight is 312 g/mol. The molecule has 0 saturated heterocycles. The summed E-state index contributed by atoms with van der Waals surface area (Å²) in [5, 5.41) is 19.4. The number of aromatic amines is 1. The molecule has 5 N–H and O–H groups in total. The number of hydrogen-bond acceptors (Lipinski definition) is 6. The molecule has 0 spiro atoms. The van der Waals surface area contributed by atoms with Crippen LogP contribution in [0.1, 0.15) is 50.5 Å². The summed E-state index contributed by atoms with van der Waals surface area (Å²) in [7, 11) is 0. The molecule has 1 heterocycles. The van der Waals surface area contributed by atoms with E-state index in [1.54, 1.807) is 34.6 Å². The standard InChI is InChI=1S/C15H24N2O5/c1-7(2)15(16,13(21)22-14(4,5)6)10(18)9-8(3)11(19)17-12(9)20/h7,17,19-20H,16H2,1-6H3/t15-/m0/s1. The molecule has 0 radical (unpaired) electrons. The second kappa shape index (κ2) is 5.64. The normalized spacial score (nSPS) is 14.7. The Kier molecular flexibility index (Phi) is 4.62. The quantitative estimate of drug-likeness (QED) is 0.380. The van der Waals surface area contributed by atoms with Crippen LogP contribution in [0.2, 0.25) is 0 Å². The van der Waals surface area contributed by atoms with Gasteiger partial charge in [-0.25, -0.2) is 4.79 Å². The number of carbonyl (C=O) groups excluding carboxylic acids is 2. The van der Waals surface area contributed by atoms with E-state index < -0.39 is 34.7 Å². The Morgan fingerprint density at radius 1 is 1.18 bits per heavy atom. The first-order chi connectivity index (χ1) is 9.82. The molecular weight excluding hydrogens is 288 g/mol. The third-order valence-corrected chi connectivity index (χ3v) is 3.45. The zero-order valence-electron chi connectivity index (χ0n) is 13.8. The molecule has 0 saturated carbocycles. The molecular formula is C15H24N2O5. The van der Waals surface area contributed by atoms with E-state index in [-0.39, 0.29) is 17.0 Å². The topological polar surface area (TPSA) is 126 Å². The van der Waals surface area contributed by atoms with Crippen molar-refractivity contribution in [1.29, 1.82) is 0 Å². The molecule has 1 aromatic rings. The van der Waals surface area contributed by atoms with Gasteiger partial charge < -0.3 is 20.7 Å². The molecule has 0 unspecified atom stereocenters. The lowest BCUT2D eigenvalue weighted by Crippen LogP contribution is -2.60. The van der Waals surface area contributed by atoms with E-state index in [1.807, 2.05) is 0 Å². The minimum atomic E-state index is -1.97. The third-order valence-electron chi connectivity index (χ3n) is 3.45. The number of carbonyl (C=O) groups is 2. The number of aromatic hydroxyl groups is 2. The summed E-state index contributed by atoms with van der Waals surface area (Å²) >= 11 is 0. The van der Waals surface area contributed by atoms with Crippen molar-refractivity contribution in [3.63, 3.8) is 0 Å². The predicted molar refractivity (Wildman–Crippen MR) is 80.8 cm³/mol. The number of esters is 1. The molecule has 0 aliphatic heterocycles. The molecule has 0 aliphatic carbocycles. The van der Waals surface area contributed by atoms with Crippen molar-refractivity contribution in [2.24, 2.45) is 11.7 Å². The highest BCUT2D eigenvalue weighted by Gasteiger charge is 2.49. The van der Waals surface area contributed by atoms with Gasteiger partial charge in [0, 0.05) is 5.56 Å². The maximum Gasteiger partial charge on any atom is 0.335 e. The number of ether oxygens (including phenoxy) is 1. The molecule has 1 atom stereocenters. The van der Waals surface area contributed by atoms with Gasteiger partial charge in [-0.05, 0) is 33.6 Å². The van der Waals surface area contributed by atoms with Crippen molar-refractivity contribution in [2.75, 3.05) is 0 Å². The van der Waals surface area contributed by atoms with Gasteiger partial charge in [0.05, 0.1) is 5.56 Å². The molecule has 1 rings (SSSR count). The maximum absolute atomic E-state index is 12.8. The molecule has 22 heavy (non-hydrogen) atoms. The van der Waals surface area contributed by atoms with Gasteiger partial charge in [0.1, 0.15) is 5.60 Å². The van der Waals surface area contributed by atoms with Crippen LogP contribution in [0.4, 0.5) is 0 Å². The van der Waals surface area contributed by atoms with Crippen LogP contribution >= 0.6 is 0 Å². The number of nitrogens with one attached hydrogen (secondary N) is 1. The van der Waals surface area contributed by atoms with Gasteiger partial charge >= 0.3 is 5.97 Å². The van der Waals surface area contributed by atoms with E-state index in [2.05, 4.69) is 4.98 Å². The zero-order chi connectivity index (χ0) is 17.5. The lowest BCUT2D eigenvalue weighted by molar-refractivity contribution is -0.161. The lowest BCUT2D eigenvalue weighted by atomic mass is 9.80. The SMILES string of the molecule is Cc1c(O)[nH]c(O)c1C(=O)[C@](N)(C(=O)OC(C)(C)C)C(C)C. The molecule has 124 valence electrons. The summed E-state index contributed by atoms with van der Waals surface area (Å²) in [5.41, 5.74) is 3.22. The Hall–Kier alpha value is -2.02. The first-order valence-electron chi connectivity index (χ1n) is 7.00. The minimum absolute atomic E-state index is 0.126. The van der Waals surface area contributed by atoms with E-state index in [1.165, 1.54) is 6.92 Å². The van der Waals surface area contributed by atoms with Crippen LogP contribution in [0.15, 0.2) is 0 Å². The maximum atomic E-state index is 12.8. The van der Waals surface area contributed by atoms with Crippen LogP contribution in [0, 0.1) is 12.8 Å². The van der Waals surface area contributed by atoms with Crippen LogP contribution in [0.5, 0.6) is 11.8 Å². The van der Waals surface area contributed by atoms with Crippen molar-refractivity contribution in [3.8, 4) is 11.8 Å². The summed E-state index contributed by atoms with van der Waals surface area (Å²) < 4.78 is 5.25. The summed E-state index contributed by atoms with van der Waals surface area (Å²) in [6.07, 6.45) is 0. The monoisotopic (exact) mass is 312 g/mol. The van der Waals surface area contributed by atoms with Crippen LogP contribution in [0.25, 0.3) is 0 Å². The Balaban J connectivity index is 3.36. The van der Waals surface area contributed by atoms with Gasteiger partial charge in [-0.15, -0.1) is 0 Å². The molecule has 0 fully saturated rings. The summed E-state index contributed by atoms with van der Waals surface area (Å²) in [4.78, 5) is 27.5. The Labute approximate surface area is 129 Å². The van der Waals surface area contributed by atoms with E-state index in [0.29, 0.717) is 0 Å². The Morgan fingerprint density at radius 2 is 1.68 bits per heavy atom. The number of hydrogen-bond donors (Lipinski definition) is 4. The molecule has 0 bridgehead atoms. The Bertz CT molecular complexity index is 598. The molecule has 7 nitrogen and oxygen atoms in total. The van der Waals surface area contributed by atoms with Crippen molar-refractivity contribution in [1.82, 2.24) is 4.98 Å². The van der Waals surface area contributed by atoms with Crippen molar-refractivity contribution in [2.45, 2.75) is 52.7 Å². The van der Waals surface area contributed by atoms with Gasteiger partial charge in [0.15, 0.2) is 17.2 Å². The molecule has 7 heteroatoms. The second-order valence-electron chi connectivity index (χ2n) is 6.68. The minimum Gasteiger partial charge on any atom is -0.494 e. The van der Waals surface area contributed by atoms with E-state index in [4.69, 9.17) is 10.5 Å². The van der Waals surface area contributed by atoms with Gasteiger partial charge in [0.2, 0.25) is 5.88 Å². The van der Waals surface area contributed by atoms with E-state index in [9.17, 15) is 19.8 Å². The van der Waals surface area contributed by atoms with E-state index in [0.717, 1.165) is 0 Å². The predicted octanol–water partition coefficient (Wildman–Crippen LogP) is 1.61. The molecule has 0 aromatic carbocycles. The third kappa shape index (κ3) is 3.09. The largest absolute Gasteiger partial charge is 0.494 e. The number of aromatic nitrogens is 1. The summed E-state index contributed by atoms with van der Waals surface area (Å²) in [6.45, 7) is 9.67. The smallest absolute Gasteiger partial charge is 0.335 e. The van der Waals surface area contributed by atoms with Crippen molar-refractivity contribution < 1.29 is 24.5 Å². The van der Waals surface area contributed by atoms with Gasteiger partial charge in [-0.1, -0.05) is 13.8 Å². The Morgan fingerprint density at radius 3 is 2.00 bits per heavy atom. The molecule has 0 aliphatic rings. The highest BCUT2D eigenvalue weighted by atomic mass is 16.6. The second-order valence-corrected chi connectivity index (χ2v) is 6.68. The van der Waals surface area contributed by atoms with Crippen LogP contribution in [-0.4, -0.2) is 38.1 Å². The fourth-order valence-electron chi connectivity index (χ4n) is 2.00. The summed E-state index contributed by atoms with van der Waals surface area (Å²) in [5.74, 6) is -3.14. The van der Waals surface area contributed by atoms with Crippen LogP contribution in [0.3, 0.4) is 0 Å². The fourth-order valence-corrected chi connectivity index (χ4v) is 2.00. The lowest BCUT2D eigenvalue weighted by Gasteiger charge is -2.32. The van der Waals surface area contributed by atoms with Gasteiger partial charge in [-0.3, -0.25) is 9.78 Å². The van der Waals surface area contributed by atoms with Crippen LogP contribution in [-0.2, 0) is 9.53 Å².